The molecule has 1 heterocycles. The molecule has 0 aromatic carbocycles. The molecule has 0 bridgehead atoms. The molecule has 2 N–H and O–H groups in total. The maximum absolute atomic E-state index is 11.4. The number of rotatable bonds is 8. The molecule has 0 unspecified atom stereocenters. The van der Waals surface area contributed by atoms with Crippen LogP contribution < -0.4 is 5.73 Å². The second-order valence-corrected chi connectivity index (χ2v) is 7.26. The normalized spacial score (nSPS) is 19.2. The Morgan fingerprint density at radius 3 is 2.56 bits per heavy atom. The molecule has 1 fully saturated rings. The standard InChI is InChI=1S/C12H26N2O3S/c1-2-18(15,16)11-9-14-7-4-12(5-8-14)17-10-3-6-13/h12H,2-11,13H2,1H3. The predicted molar refractivity (Wildman–Crippen MR) is 73.4 cm³/mol. The Hall–Kier alpha value is -0.170. The molecule has 18 heavy (non-hydrogen) atoms. The number of nitrogens with two attached hydrogens (primary N) is 1. The minimum Gasteiger partial charge on any atom is -0.378 e. The van der Waals surface area contributed by atoms with Gasteiger partial charge in [-0.25, -0.2) is 8.42 Å². The Kier molecular flexibility index (Phi) is 7.14. The van der Waals surface area contributed by atoms with Gasteiger partial charge in [0.2, 0.25) is 0 Å². The van der Waals surface area contributed by atoms with Crippen molar-refractivity contribution in [1.29, 1.82) is 0 Å². The van der Waals surface area contributed by atoms with Crippen molar-refractivity contribution >= 4 is 9.84 Å². The summed E-state index contributed by atoms with van der Waals surface area (Å²) < 4.78 is 28.5. The maximum atomic E-state index is 11.4. The Morgan fingerprint density at radius 2 is 2.00 bits per heavy atom. The van der Waals surface area contributed by atoms with E-state index in [1.54, 1.807) is 6.92 Å². The van der Waals surface area contributed by atoms with Crippen molar-refractivity contribution < 1.29 is 13.2 Å². The lowest BCUT2D eigenvalue weighted by Crippen LogP contribution is -2.39. The molecule has 0 aromatic heterocycles. The van der Waals surface area contributed by atoms with Crippen LogP contribution in [0.15, 0.2) is 0 Å². The molecule has 0 spiro atoms. The number of sulfone groups is 1. The molecule has 1 saturated heterocycles. The van der Waals surface area contributed by atoms with E-state index in [4.69, 9.17) is 10.5 Å². The molecule has 0 saturated carbocycles. The van der Waals surface area contributed by atoms with Gasteiger partial charge < -0.3 is 15.4 Å². The number of piperidine rings is 1. The molecule has 0 radical (unpaired) electrons. The van der Waals surface area contributed by atoms with E-state index < -0.39 is 9.84 Å². The van der Waals surface area contributed by atoms with Gasteiger partial charge in [-0.2, -0.15) is 0 Å². The molecule has 0 amide bonds. The maximum Gasteiger partial charge on any atom is 0.151 e. The first kappa shape index (κ1) is 15.9. The molecule has 1 aliphatic heterocycles. The Morgan fingerprint density at radius 1 is 1.33 bits per heavy atom. The number of hydrogen-bond donors (Lipinski definition) is 1. The summed E-state index contributed by atoms with van der Waals surface area (Å²) in [7, 11) is -2.84. The summed E-state index contributed by atoms with van der Waals surface area (Å²) in [6.07, 6.45) is 3.23. The van der Waals surface area contributed by atoms with Gasteiger partial charge in [0.1, 0.15) is 0 Å². The molecular formula is C12H26N2O3S. The van der Waals surface area contributed by atoms with E-state index in [9.17, 15) is 8.42 Å². The highest BCUT2D eigenvalue weighted by Crippen LogP contribution is 2.13. The van der Waals surface area contributed by atoms with E-state index in [2.05, 4.69) is 4.90 Å². The van der Waals surface area contributed by atoms with Crippen molar-refractivity contribution in [2.24, 2.45) is 5.73 Å². The molecule has 1 aliphatic rings. The third-order valence-corrected chi connectivity index (χ3v) is 5.08. The third kappa shape index (κ3) is 6.13. The van der Waals surface area contributed by atoms with Crippen LogP contribution in [0.4, 0.5) is 0 Å². The van der Waals surface area contributed by atoms with Gasteiger partial charge in [0.05, 0.1) is 11.9 Å². The van der Waals surface area contributed by atoms with E-state index in [0.717, 1.165) is 39.0 Å². The first-order valence-corrected chi connectivity index (χ1v) is 8.64. The van der Waals surface area contributed by atoms with Crippen LogP contribution in [-0.4, -0.2) is 63.7 Å². The van der Waals surface area contributed by atoms with Crippen LogP contribution in [0.5, 0.6) is 0 Å². The lowest BCUT2D eigenvalue weighted by atomic mass is 10.1. The summed E-state index contributed by atoms with van der Waals surface area (Å²) >= 11 is 0. The zero-order valence-electron chi connectivity index (χ0n) is 11.3. The van der Waals surface area contributed by atoms with Crippen molar-refractivity contribution in [3.8, 4) is 0 Å². The summed E-state index contributed by atoms with van der Waals surface area (Å²) in [5.41, 5.74) is 5.41. The monoisotopic (exact) mass is 278 g/mol. The molecule has 6 heteroatoms. The van der Waals surface area contributed by atoms with E-state index in [-0.39, 0.29) is 11.5 Å². The number of hydrogen-bond acceptors (Lipinski definition) is 5. The SMILES string of the molecule is CCS(=O)(=O)CCN1CCC(OCCCN)CC1. The number of likely N-dealkylation sites (tertiary alicyclic amines) is 1. The van der Waals surface area contributed by atoms with Gasteiger partial charge in [0, 0.05) is 32.0 Å². The van der Waals surface area contributed by atoms with Crippen molar-refractivity contribution in [2.45, 2.75) is 32.3 Å². The highest BCUT2D eigenvalue weighted by atomic mass is 32.2. The summed E-state index contributed by atoms with van der Waals surface area (Å²) in [5, 5.41) is 0. The van der Waals surface area contributed by atoms with E-state index >= 15 is 0 Å². The fraction of sp³-hybridized carbons (Fsp3) is 1.00. The largest absolute Gasteiger partial charge is 0.378 e. The van der Waals surface area contributed by atoms with Gasteiger partial charge in [-0.1, -0.05) is 6.92 Å². The Bertz CT molecular complexity index is 311. The van der Waals surface area contributed by atoms with Gasteiger partial charge in [-0.05, 0) is 25.8 Å². The summed E-state index contributed by atoms with van der Waals surface area (Å²) in [5.74, 6) is 0.522. The topological polar surface area (TPSA) is 72.6 Å². The summed E-state index contributed by atoms with van der Waals surface area (Å²) in [6, 6.07) is 0. The lowest BCUT2D eigenvalue weighted by molar-refractivity contribution is 0.00849. The van der Waals surface area contributed by atoms with E-state index in [1.807, 2.05) is 0 Å². The van der Waals surface area contributed by atoms with E-state index in [1.165, 1.54) is 0 Å². The highest BCUT2D eigenvalue weighted by molar-refractivity contribution is 7.91. The van der Waals surface area contributed by atoms with Crippen molar-refractivity contribution in [3.63, 3.8) is 0 Å². The summed E-state index contributed by atoms with van der Waals surface area (Å²) in [4.78, 5) is 2.22. The average molecular weight is 278 g/mol. The zero-order chi connectivity index (χ0) is 13.4. The number of ether oxygens (including phenoxy) is 1. The first-order valence-electron chi connectivity index (χ1n) is 6.82. The van der Waals surface area contributed by atoms with Gasteiger partial charge in [0.15, 0.2) is 9.84 Å². The van der Waals surface area contributed by atoms with Crippen molar-refractivity contribution in [1.82, 2.24) is 4.90 Å². The van der Waals surface area contributed by atoms with Crippen LogP contribution in [0.1, 0.15) is 26.2 Å². The first-order chi connectivity index (χ1) is 8.57. The molecule has 0 aromatic rings. The van der Waals surface area contributed by atoms with Crippen LogP contribution in [0, 0.1) is 0 Å². The Balaban J connectivity index is 2.15. The minimum atomic E-state index is -2.84. The number of nitrogens with zero attached hydrogens (tertiary/aromatic N) is 1. The fourth-order valence-corrected chi connectivity index (χ4v) is 2.87. The second-order valence-electron chi connectivity index (χ2n) is 4.79. The molecule has 5 nitrogen and oxygen atoms in total. The lowest BCUT2D eigenvalue weighted by Gasteiger charge is -2.31. The van der Waals surface area contributed by atoms with Gasteiger partial charge in [-0.15, -0.1) is 0 Å². The zero-order valence-corrected chi connectivity index (χ0v) is 12.1. The van der Waals surface area contributed by atoms with Crippen molar-refractivity contribution in [3.05, 3.63) is 0 Å². The Labute approximate surface area is 111 Å². The fourth-order valence-electron chi connectivity index (χ4n) is 2.05. The molecule has 108 valence electrons. The van der Waals surface area contributed by atoms with Gasteiger partial charge in [-0.3, -0.25) is 0 Å². The molecule has 1 rings (SSSR count). The highest BCUT2D eigenvalue weighted by Gasteiger charge is 2.20. The molecule has 0 aliphatic carbocycles. The molecule has 0 atom stereocenters. The molecular weight excluding hydrogens is 252 g/mol. The van der Waals surface area contributed by atoms with Crippen LogP contribution in [0.2, 0.25) is 0 Å². The smallest absolute Gasteiger partial charge is 0.151 e. The van der Waals surface area contributed by atoms with Crippen LogP contribution in [-0.2, 0) is 14.6 Å². The minimum absolute atomic E-state index is 0.242. The van der Waals surface area contributed by atoms with Crippen LogP contribution >= 0.6 is 0 Å². The van der Waals surface area contributed by atoms with Gasteiger partial charge in [0.25, 0.3) is 0 Å². The van der Waals surface area contributed by atoms with E-state index in [0.29, 0.717) is 19.2 Å². The van der Waals surface area contributed by atoms with Gasteiger partial charge >= 0.3 is 0 Å². The summed E-state index contributed by atoms with van der Waals surface area (Å²) in [6.45, 7) is 5.65. The van der Waals surface area contributed by atoms with Crippen LogP contribution in [0.25, 0.3) is 0 Å². The quantitative estimate of drug-likeness (QED) is 0.644. The third-order valence-electron chi connectivity index (χ3n) is 3.39. The average Bonchev–Trinajstić information content (AvgIpc) is 2.38. The predicted octanol–water partition coefficient (Wildman–Crippen LogP) is 0.251. The van der Waals surface area contributed by atoms with Crippen LogP contribution in [0.3, 0.4) is 0 Å². The second kappa shape index (κ2) is 8.09. The van der Waals surface area contributed by atoms with Crippen molar-refractivity contribution in [2.75, 3.05) is 44.3 Å².